The number of piperazine rings is 1. The summed E-state index contributed by atoms with van der Waals surface area (Å²) in [6, 6.07) is 12.6. The Kier molecular flexibility index (Phi) is 5.31. The summed E-state index contributed by atoms with van der Waals surface area (Å²) < 4.78 is 33.4. The number of sulfonamides is 1. The first-order chi connectivity index (χ1) is 13.1. The molecule has 1 aliphatic carbocycles. The molecule has 0 radical (unpaired) electrons. The van der Waals surface area contributed by atoms with Crippen LogP contribution in [-0.4, -0.2) is 50.0 Å². The Hall–Kier alpha value is -2.12. The van der Waals surface area contributed by atoms with Crippen LogP contribution in [0.1, 0.15) is 25.7 Å². The minimum atomic E-state index is -3.48. The molecule has 1 aromatic heterocycles. The van der Waals surface area contributed by atoms with E-state index in [4.69, 9.17) is 4.74 Å². The van der Waals surface area contributed by atoms with Crippen LogP contribution in [0.15, 0.2) is 53.6 Å². The summed E-state index contributed by atoms with van der Waals surface area (Å²) in [4.78, 5) is 6.79. The molecule has 1 saturated carbocycles. The molecule has 2 aromatic rings. The highest BCUT2D eigenvalue weighted by atomic mass is 32.2. The van der Waals surface area contributed by atoms with Crippen molar-refractivity contribution in [2.75, 3.05) is 31.1 Å². The lowest BCUT2D eigenvalue weighted by Gasteiger charge is -2.34. The summed E-state index contributed by atoms with van der Waals surface area (Å²) in [5.41, 5.74) is 0. The Bertz CT molecular complexity index is 842. The summed E-state index contributed by atoms with van der Waals surface area (Å²) in [6.45, 7) is 2.19. The third-order valence-electron chi connectivity index (χ3n) is 5.28. The molecule has 1 aromatic carbocycles. The number of anilines is 1. The zero-order valence-corrected chi connectivity index (χ0v) is 16.1. The van der Waals surface area contributed by atoms with Crippen LogP contribution in [-0.2, 0) is 10.0 Å². The van der Waals surface area contributed by atoms with Gasteiger partial charge in [0.05, 0.1) is 11.0 Å². The van der Waals surface area contributed by atoms with E-state index in [1.54, 1.807) is 34.8 Å². The number of hydrogen-bond acceptors (Lipinski definition) is 5. The fourth-order valence-corrected chi connectivity index (χ4v) is 5.16. The molecule has 0 atom stereocenters. The maximum atomic E-state index is 12.9. The summed E-state index contributed by atoms with van der Waals surface area (Å²) in [6.07, 6.45) is 6.62. The van der Waals surface area contributed by atoms with Gasteiger partial charge in [0.2, 0.25) is 10.0 Å². The topological polar surface area (TPSA) is 62.7 Å². The highest BCUT2D eigenvalue weighted by Gasteiger charge is 2.29. The zero-order valence-electron chi connectivity index (χ0n) is 15.3. The first kappa shape index (κ1) is 18.3. The number of pyridine rings is 1. The largest absolute Gasteiger partial charge is 0.490 e. The second kappa shape index (κ2) is 7.86. The monoisotopic (exact) mass is 387 g/mol. The van der Waals surface area contributed by atoms with Gasteiger partial charge in [0, 0.05) is 32.4 Å². The van der Waals surface area contributed by atoms with Crippen LogP contribution in [0.2, 0.25) is 0 Å². The molecule has 6 nitrogen and oxygen atoms in total. The molecule has 1 aliphatic heterocycles. The number of ether oxygens (including phenoxy) is 1. The molecule has 144 valence electrons. The van der Waals surface area contributed by atoms with Gasteiger partial charge in [-0.2, -0.15) is 4.31 Å². The summed E-state index contributed by atoms with van der Waals surface area (Å²) >= 11 is 0. The average Bonchev–Trinajstić information content (AvgIpc) is 3.22. The van der Waals surface area contributed by atoms with Crippen LogP contribution in [0.25, 0.3) is 0 Å². The molecule has 2 aliphatic rings. The van der Waals surface area contributed by atoms with E-state index in [1.807, 2.05) is 18.2 Å². The maximum absolute atomic E-state index is 12.9. The molecule has 7 heteroatoms. The lowest BCUT2D eigenvalue weighted by Crippen LogP contribution is -2.48. The summed E-state index contributed by atoms with van der Waals surface area (Å²) in [7, 11) is -3.48. The minimum Gasteiger partial charge on any atom is -0.490 e. The molecule has 0 spiro atoms. The van der Waals surface area contributed by atoms with Gasteiger partial charge in [-0.1, -0.05) is 6.07 Å². The lowest BCUT2D eigenvalue weighted by molar-refractivity contribution is 0.210. The fourth-order valence-electron chi connectivity index (χ4n) is 3.74. The van der Waals surface area contributed by atoms with Crippen molar-refractivity contribution in [3.63, 3.8) is 0 Å². The van der Waals surface area contributed by atoms with Gasteiger partial charge < -0.3 is 9.64 Å². The van der Waals surface area contributed by atoms with E-state index in [1.165, 1.54) is 12.8 Å². The van der Waals surface area contributed by atoms with Crippen LogP contribution in [0.5, 0.6) is 5.75 Å². The second-order valence-electron chi connectivity index (χ2n) is 7.07. The Morgan fingerprint density at radius 3 is 2.26 bits per heavy atom. The molecule has 2 fully saturated rings. The molecule has 1 saturated heterocycles. The standard InChI is InChI=1S/C20H25N3O3S/c24-27(25,19-10-8-18(9-11-19)26-17-5-1-2-6-17)23-15-13-22(14-16-23)20-7-3-4-12-21-20/h3-4,7-12,17H,1-2,5-6,13-16H2. The van der Waals surface area contributed by atoms with Gasteiger partial charge in [0.15, 0.2) is 0 Å². The summed E-state index contributed by atoms with van der Waals surface area (Å²) in [5, 5.41) is 0. The first-order valence-electron chi connectivity index (χ1n) is 9.56. The van der Waals surface area contributed by atoms with Crippen molar-refractivity contribution in [1.29, 1.82) is 0 Å². The molecule has 2 heterocycles. The minimum absolute atomic E-state index is 0.270. The van der Waals surface area contributed by atoms with E-state index in [-0.39, 0.29) is 6.10 Å². The Morgan fingerprint density at radius 1 is 0.926 bits per heavy atom. The molecule has 0 bridgehead atoms. The van der Waals surface area contributed by atoms with Gasteiger partial charge in [-0.3, -0.25) is 0 Å². The van der Waals surface area contributed by atoms with Crippen LogP contribution < -0.4 is 9.64 Å². The van der Waals surface area contributed by atoms with Crippen molar-refractivity contribution in [3.8, 4) is 5.75 Å². The average molecular weight is 388 g/mol. The quantitative estimate of drug-likeness (QED) is 0.789. The van der Waals surface area contributed by atoms with Crippen LogP contribution in [0.4, 0.5) is 5.82 Å². The normalized spacial score (nSPS) is 19.3. The number of rotatable bonds is 5. The molecule has 0 N–H and O–H groups in total. The van der Waals surface area contributed by atoms with E-state index in [9.17, 15) is 8.42 Å². The van der Waals surface area contributed by atoms with Crippen molar-refractivity contribution >= 4 is 15.8 Å². The van der Waals surface area contributed by atoms with Gasteiger partial charge >= 0.3 is 0 Å². The maximum Gasteiger partial charge on any atom is 0.243 e. The predicted octanol–water partition coefficient (Wildman–Crippen LogP) is 2.91. The third kappa shape index (κ3) is 4.09. The third-order valence-corrected chi connectivity index (χ3v) is 7.19. The van der Waals surface area contributed by atoms with Crippen molar-refractivity contribution in [2.45, 2.75) is 36.7 Å². The Labute approximate surface area is 160 Å². The van der Waals surface area contributed by atoms with Crippen molar-refractivity contribution in [3.05, 3.63) is 48.7 Å². The van der Waals surface area contributed by atoms with Crippen LogP contribution >= 0.6 is 0 Å². The Morgan fingerprint density at radius 2 is 1.63 bits per heavy atom. The smallest absolute Gasteiger partial charge is 0.243 e. The fraction of sp³-hybridized carbons (Fsp3) is 0.450. The Balaban J connectivity index is 1.39. The number of benzene rings is 1. The van der Waals surface area contributed by atoms with E-state index >= 15 is 0 Å². The summed E-state index contributed by atoms with van der Waals surface area (Å²) in [5.74, 6) is 1.64. The van der Waals surface area contributed by atoms with E-state index in [2.05, 4.69) is 9.88 Å². The van der Waals surface area contributed by atoms with E-state index in [0.29, 0.717) is 31.1 Å². The molecule has 4 rings (SSSR count). The molecule has 27 heavy (non-hydrogen) atoms. The predicted molar refractivity (Wildman–Crippen MR) is 105 cm³/mol. The molecule has 0 unspecified atom stereocenters. The van der Waals surface area contributed by atoms with Crippen LogP contribution in [0.3, 0.4) is 0 Å². The van der Waals surface area contributed by atoms with Crippen molar-refractivity contribution in [1.82, 2.24) is 9.29 Å². The van der Waals surface area contributed by atoms with E-state index in [0.717, 1.165) is 24.4 Å². The lowest BCUT2D eigenvalue weighted by atomic mass is 10.3. The van der Waals surface area contributed by atoms with Crippen molar-refractivity contribution < 1.29 is 13.2 Å². The SMILES string of the molecule is O=S(=O)(c1ccc(OC2CCCC2)cc1)N1CCN(c2ccccn2)CC1. The van der Waals surface area contributed by atoms with Crippen LogP contribution in [0, 0.1) is 0 Å². The number of nitrogens with zero attached hydrogens (tertiary/aromatic N) is 3. The van der Waals surface area contributed by atoms with Gasteiger partial charge in [0.25, 0.3) is 0 Å². The van der Waals surface area contributed by atoms with E-state index < -0.39 is 10.0 Å². The first-order valence-corrected chi connectivity index (χ1v) is 11.0. The highest BCUT2D eigenvalue weighted by molar-refractivity contribution is 7.89. The number of aromatic nitrogens is 1. The van der Waals surface area contributed by atoms with Gasteiger partial charge in [-0.05, 0) is 62.1 Å². The van der Waals surface area contributed by atoms with Crippen molar-refractivity contribution in [2.24, 2.45) is 0 Å². The second-order valence-corrected chi connectivity index (χ2v) is 9.01. The highest BCUT2D eigenvalue weighted by Crippen LogP contribution is 2.26. The molecular formula is C20H25N3O3S. The van der Waals surface area contributed by atoms with Gasteiger partial charge in [0.1, 0.15) is 11.6 Å². The molecule has 0 amide bonds. The van der Waals surface area contributed by atoms with Gasteiger partial charge in [-0.25, -0.2) is 13.4 Å². The zero-order chi connectivity index (χ0) is 18.7. The molecular weight excluding hydrogens is 362 g/mol. The van der Waals surface area contributed by atoms with Gasteiger partial charge in [-0.15, -0.1) is 0 Å². The number of hydrogen-bond donors (Lipinski definition) is 0.